The van der Waals surface area contributed by atoms with Crippen molar-refractivity contribution in [3.8, 4) is 12.1 Å². The van der Waals surface area contributed by atoms with E-state index in [1.54, 1.807) is 0 Å². The maximum absolute atomic E-state index is 13.2. The zero-order valence-electron chi connectivity index (χ0n) is 11.0. The Morgan fingerprint density at radius 1 is 1.29 bits per heavy atom. The van der Waals surface area contributed by atoms with Crippen molar-refractivity contribution in [2.75, 3.05) is 13.1 Å². The third-order valence-electron chi connectivity index (χ3n) is 2.66. The number of carbonyl (C=O) groups excluding carboxylic acids is 1. The third-order valence-corrected chi connectivity index (χ3v) is 2.66. The molecule has 0 bridgehead atoms. The molecule has 0 N–H and O–H groups in total. The van der Waals surface area contributed by atoms with Crippen LogP contribution in [-0.4, -0.2) is 28.8 Å². The van der Waals surface area contributed by atoms with Gasteiger partial charge in [0.1, 0.15) is 0 Å². The summed E-state index contributed by atoms with van der Waals surface area (Å²) in [4.78, 5) is 23.2. The molecule has 0 unspecified atom stereocenters. The molecule has 0 saturated heterocycles. The molecule has 7 nitrogen and oxygen atoms in total. The smallest absolute Gasteiger partial charge is 0.305 e. The minimum atomic E-state index is -1.03. The van der Waals surface area contributed by atoms with Gasteiger partial charge in [-0.25, -0.2) is 0 Å². The molecule has 108 valence electrons. The molecule has 1 aromatic carbocycles. The number of rotatable bonds is 6. The van der Waals surface area contributed by atoms with Crippen molar-refractivity contribution in [3.05, 3.63) is 39.7 Å². The van der Waals surface area contributed by atoms with Crippen molar-refractivity contribution in [1.82, 2.24) is 4.90 Å². The highest BCUT2D eigenvalue weighted by Gasteiger charge is 2.21. The molecule has 0 saturated carbocycles. The number of hydrogen-bond acceptors (Lipinski definition) is 5. The van der Waals surface area contributed by atoms with Crippen molar-refractivity contribution in [2.24, 2.45) is 0 Å². The quantitative estimate of drug-likeness (QED) is 0.587. The summed E-state index contributed by atoms with van der Waals surface area (Å²) < 4.78 is 13.2. The summed E-state index contributed by atoms with van der Waals surface area (Å²) in [5, 5.41) is 27.8. The fourth-order valence-electron chi connectivity index (χ4n) is 1.65. The molecule has 1 aromatic rings. The highest BCUT2D eigenvalue weighted by molar-refractivity contribution is 5.94. The maximum Gasteiger partial charge on any atom is 0.305 e. The van der Waals surface area contributed by atoms with E-state index in [1.165, 1.54) is 4.90 Å². The van der Waals surface area contributed by atoms with Gasteiger partial charge >= 0.3 is 5.69 Å². The highest BCUT2D eigenvalue weighted by atomic mass is 19.1. The van der Waals surface area contributed by atoms with Gasteiger partial charge in [-0.1, -0.05) is 0 Å². The van der Waals surface area contributed by atoms with Crippen molar-refractivity contribution < 1.29 is 14.1 Å². The lowest BCUT2D eigenvalue weighted by molar-refractivity contribution is -0.387. The van der Waals surface area contributed by atoms with E-state index in [-0.39, 0.29) is 31.5 Å². The second-order valence-electron chi connectivity index (χ2n) is 4.03. The van der Waals surface area contributed by atoms with Crippen LogP contribution in [-0.2, 0) is 0 Å². The van der Waals surface area contributed by atoms with Gasteiger partial charge in [0.2, 0.25) is 5.82 Å². The Morgan fingerprint density at radius 3 is 2.33 bits per heavy atom. The number of nitro groups is 1. The number of hydrogen-bond donors (Lipinski definition) is 0. The van der Waals surface area contributed by atoms with E-state index in [0.29, 0.717) is 0 Å². The topological polar surface area (TPSA) is 111 Å². The minimum Gasteiger partial charge on any atom is -0.337 e. The van der Waals surface area contributed by atoms with Crippen molar-refractivity contribution in [2.45, 2.75) is 12.8 Å². The summed E-state index contributed by atoms with van der Waals surface area (Å²) in [6.07, 6.45) is 0.140. The molecule has 1 rings (SSSR count). The summed E-state index contributed by atoms with van der Waals surface area (Å²) in [6.45, 7) is 0.199. The van der Waals surface area contributed by atoms with Gasteiger partial charge in [0, 0.05) is 24.7 Å². The Morgan fingerprint density at radius 2 is 1.86 bits per heavy atom. The zero-order valence-corrected chi connectivity index (χ0v) is 11.0. The molecule has 0 aromatic heterocycles. The van der Waals surface area contributed by atoms with E-state index >= 15 is 0 Å². The van der Waals surface area contributed by atoms with Crippen LogP contribution in [0.3, 0.4) is 0 Å². The molecule has 0 fully saturated rings. The van der Waals surface area contributed by atoms with Crippen LogP contribution in [0.2, 0.25) is 0 Å². The predicted molar refractivity (Wildman–Crippen MR) is 69.4 cm³/mol. The molecule has 0 radical (unpaired) electrons. The van der Waals surface area contributed by atoms with Crippen LogP contribution >= 0.6 is 0 Å². The number of nitrogens with zero attached hydrogens (tertiary/aromatic N) is 4. The Hall–Kier alpha value is -3.00. The van der Waals surface area contributed by atoms with Crippen molar-refractivity contribution >= 4 is 11.6 Å². The molecule has 0 aliphatic carbocycles. The SMILES string of the molecule is N#CCCN(CCC#N)C(=O)c1ccc(F)c([N+](=O)[O-])c1. The van der Waals surface area contributed by atoms with Gasteiger partial charge in [-0.15, -0.1) is 0 Å². The van der Waals surface area contributed by atoms with Crippen LogP contribution < -0.4 is 0 Å². The van der Waals surface area contributed by atoms with Crippen LogP contribution in [0.5, 0.6) is 0 Å². The van der Waals surface area contributed by atoms with Crippen LogP contribution in [0, 0.1) is 38.6 Å². The maximum atomic E-state index is 13.2. The van der Waals surface area contributed by atoms with Gasteiger partial charge in [-0.2, -0.15) is 14.9 Å². The average Bonchev–Trinajstić information content (AvgIpc) is 2.47. The van der Waals surface area contributed by atoms with Crippen LogP contribution in [0.25, 0.3) is 0 Å². The van der Waals surface area contributed by atoms with Gasteiger partial charge in [0.25, 0.3) is 5.91 Å². The predicted octanol–water partition coefficient (Wildman–Crippen LogP) is 2.00. The zero-order chi connectivity index (χ0) is 15.8. The standard InChI is InChI=1S/C13H11FN4O3/c14-11-4-3-10(9-12(11)18(20)21)13(19)17(7-1-5-15)8-2-6-16/h3-4,9H,1-2,7-8H2. The van der Waals surface area contributed by atoms with E-state index in [4.69, 9.17) is 10.5 Å². The highest BCUT2D eigenvalue weighted by Crippen LogP contribution is 2.19. The third kappa shape index (κ3) is 4.25. The first-order chi connectivity index (χ1) is 10.0. The van der Waals surface area contributed by atoms with E-state index < -0.39 is 22.3 Å². The first kappa shape index (κ1) is 16.1. The average molecular weight is 290 g/mol. The van der Waals surface area contributed by atoms with Crippen LogP contribution in [0.1, 0.15) is 23.2 Å². The molecule has 21 heavy (non-hydrogen) atoms. The normalized spacial score (nSPS) is 9.48. The van der Waals surface area contributed by atoms with Crippen molar-refractivity contribution in [3.63, 3.8) is 0 Å². The van der Waals surface area contributed by atoms with Gasteiger partial charge in [0.05, 0.1) is 29.9 Å². The Kier molecular flexibility index (Phi) is 5.78. The number of nitro benzene ring substituents is 1. The van der Waals surface area contributed by atoms with Gasteiger partial charge in [0.15, 0.2) is 0 Å². The lowest BCUT2D eigenvalue weighted by Gasteiger charge is -2.20. The van der Waals surface area contributed by atoms with Gasteiger partial charge < -0.3 is 4.90 Å². The molecular formula is C13H11FN4O3. The second-order valence-corrected chi connectivity index (χ2v) is 4.03. The number of amides is 1. The molecule has 0 aliphatic rings. The summed E-state index contributed by atoms with van der Waals surface area (Å²) >= 11 is 0. The van der Waals surface area contributed by atoms with E-state index in [9.17, 15) is 19.3 Å². The Balaban J connectivity index is 3.03. The van der Waals surface area contributed by atoms with E-state index in [2.05, 4.69) is 0 Å². The number of benzene rings is 1. The molecule has 0 spiro atoms. The number of halogens is 1. The molecule has 1 amide bonds. The second kappa shape index (κ2) is 7.56. The van der Waals surface area contributed by atoms with Crippen molar-refractivity contribution in [1.29, 1.82) is 10.5 Å². The summed E-state index contributed by atoms with van der Waals surface area (Å²) in [5.74, 6) is -1.61. The van der Waals surface area contributed by atoms with Gasteiger partial charge in [-0.3, -0.25) is 14.9 Å². The first-order valence-electron chi connectivity index (χ1n) is 5.98. The summed E-state index contributed by atoms with van der Waals surface area (Å²) in [7, 11) is 0. The first-order valence-corrected chi connectivity index (χ1v) is 5.98. The summed E-state index contributed by atoms with van der Waals surface area (Å²) in [6, 6.07) is 6.58. The van der Waals surface area contributed by atoms with E-state index in [0.717, 1.165) is 18.2 Å². The Labute approximate surface area is 120 Å². The van der Waals surface area contributed by atoms with Gasteiger partial charge in [-0.05, 0) is 12.1 Å². The fraction of sp³-hybridized carbons (Fsp3) is 0.308. The molecule has 0 atom stereocenters. The molecular weight excluding hydrogens is 279 g/mol. The van der Waals surface area contributed by atoms with Crippen LogP contribution in [0.15, 0.2) is 18.2 Å². The lowest BCUT2D eigenvalue weighted by Crippen LogP contribution is -2.32. The lowest BCUT2D eigenvalue weighted by atomic mass is 10.1. The number of nitriles is 2. The molecule has 0 aliphatic heterocycles. The fourth-order valence-corrected chi connectivity index (χ4v) is 1.65. The largest absolute Gasteiger partial charge is 0.337 e. The summed E-state index contributed by atoms with van der Waals surface area (Å²) in [5.41, 5.74) is -0.847. The van der Waals surface area contributed by atoms with E-state index in [1.807, 2.05) is 12.1 Å². The Bertz CT molecular complexity index is 615. The van der Waals surface area contributed by atoms with Crippen LogP contribution in [0.4, 0.5) is 10.1 Å². The minimum absolute atomic E-state index is 0.0565. The number of carbonyl (C=O) groups is 1. The molecule has 8 heteroatoms. The monoisotopic (exact) mass is 290 g/mol. The molecule has 0 heterocycles.